The van der Waals surface area contributed by atoms with Gasteiger partial charge in [0, 0.05) is 25.4 Å². The Kier molecular flexibility index (Phi) is 4.45. The van der Waals surface area contributed by atoms with E-state index < -0.39 is 0 Å². The van der Waals surface area contributed by atoms with Crippen LogP contribution in [-0.4, -0.2) is 21.4 Å². The number of anilines is 2. The van der Waals surface area contributed by atoms with E-state index >= 15 is 0 Å². The van der Waals surface area contributed by atoms with Crippen molar-refractivity contribution in [2.45, 2.75) is 26.8 Å². The third kappa shape index (κ3) is 3.40. The van der Waals surface area contributed by atoms with E-state index in [1.165, 1.54) is 0 Å². The summed E-state index contributed by atoms with van der Waals surface area (Å²) in [5.74, 6) is 1.23. The summed E-state index contributed by atoms with van der Waals surface area (Å²) >= 11 is 0. The van der Waals surface area contributed by atoms with E-state index in [1.54, 1.807) is 10.7 Å². The van der Waals surface area contributed by atoms with Gasteiger partial charge in [-0.2, -0.15) is 10.1 Å². The molecular weight excluding hydrogens is 254 g/mol. The monoisotopic (exact) mass is 275 g/mol. The van der Waals surface area contributed by atoms with Crippen molar-refractivity contribution in [2.24, 2.45) is 7.05 Å². The van der Waals surface area contributed by atoms with Gasteiger partial charge >= 0.3 is 0 Å². The molecule has 0 unspecified atom stereocenters. The molecule has 0 spiro atoms. The molecule has 0 fully saturated rings. The molecule has 0 aromatic carbocycles. The summed E-state index contributed by atoms with van der Waals surface area (Å²) in [6, 6.07) is 3.65. The molecule has 0 atom stereocenters. The highest BCUT2D eigenvalue weighted by atomic mass is 16.5. The summed E-state index contributed by atoms with van der Waals surface area (Å²) in [5.41, 5.74) is 8.55. The molecule has 2 aromatic heterocycles. The van der Waals surface area contributed by atoms with Gasteiger partial charge in [-0.15, -0.1) is 0 Å². The number of hydrogen-bond donors (Lipinski definition) is 2. The van der Waals surface area contributed by atoms with Gasteiger partial charge in [0.25, 0.3) is 0 Å². The molecule has 2 rings (SSSR count). The molecule has 2 heterocycles. The van der Waals surface area contributed by atoms with E-state index in [-0.39, 0.29) is 0 Å². The maximum Gasteiger partial charge on any atom is 0.239 e. The fourth-order valence-electron chi connectivity index (χ4n) is 1.87. The van der Waals surface area contributed by atoms with Gasteiger partial charge in [0.2, 0.25) is 5.88 Å². The first kappa shape index (κ1) is 14.2. The Balaban J connectivity index is 2.04. The molecule has 20 heavy (non-hydrogen) atoms. The first-order valence-corrected chi connectivity index (χ1v) is 6.72. The number of ether oxygens (including phenoxy) is 1. The van der Waals surface area contributed by atoms with Crippen molar-refractivity contribution in [3.63, 3.8) is 0 Å². The van der Waals surface area contributed by atoms with Crippen LogP contribution < -0.4 is 15.8 Å². The SMILES string of the molecule is CCCOc1nc(NCc2cn(C)nc2C)ccc1N. The zero-order chi connectivity index (χ0) is 14.5. The van der Waals surface area contributed by atoms with Crippen LogP contribution in [-0.2, 0) is 13.6 Å². The first-order chi connectivity index (χ1) is 9.60. The molecule has 6 nitrogen and oxygen atoms in total. The maximum absolute atomic E-state index is 5.84. The third-order valence-corrected chi connectivity index (χ3v) is 2.91. The lowest BCUT2D eigenvalue weighted by Gasteiger charge is -2.10. The van der Waals surface area contributed by atoms with Gasteiger partial charge in [0.15, 0.2) is 0 Å². The average Bonchev–Trinajstić information content (AvgIpc) is 2.74. The Morgan fingerprint density at radius 3 is 2.85 bits per heavy atom. The van der Waals surface area contributed by atoms with Gasteiger partial charge in [-0.1, -0.05) is 6.92 Å². The minimum Gasteiger partial charge on any atom is -0.476 e. The molecule has 6 heteroatoms. The summed E-state index contributed by atoms with van der Waals surface area (Å²) in [7, 11) is 1.91. The molecule has 0 radical (unpaired) electrons. The molecule has 3 N–H and O–H groups in total. The summed E-state index contributed by atoms with van der Waals surface area (Å²) in [6.07, 6.45) is 2.92. The topological polar surface area (TPSA) is 78.0 Å². The van der Waals surface area contributed by atoms with E-state index in [0.717, 1.165) is 23.5 Å². The molecule has 0 saturated heterocycles. The van der Waals surface area contributed by atoms with Gasteiger partial charge in [0.1, 0.15) is 5.82 Å². The molecule has 0 amide bonds. The smallest absolute Gasteiger partial charge is 0.239 e. The zero-order valence-electron chi connectivity index (χ0n) is 12.2. The molecule has 0 bridgehead atoms. The van der Waals surface area contributed by atoms with Crippen molar-refractivity contribution in [3.8, 4) is 5.88 Å². The first-order valence-electron chi connectivity index (χ1n) is 6.72. The third-order valence-electron chi connectivity index (χ3n) is 2.91. The molecule has 108 valence electrons. The number of aryl methyl sites for hydroxylation is 2. The Morgan fingerprint density at radius 1 is 1.40 bits per heavy atom. The molecule has 0 aliphatic carbocycles. The fourth-order valence-corrected chi connectivity index (χ4v) is 1.87. The number of pyridine rings is 1. The summed E-state index contributed by atoms with van der Waals surface area (Å²) in [6.45, 7) is 5.32. The lowest BCUT2D eigenvalue weighted by atomic mass is 10.2. The summed E-state index contributed by atoms with van der Waals surface area (Å²) in [5, 5.41) is 7.57. The Labute approximate surface area is 119 Å². The highest BCUT2D eigenvalue weighted by molar-refractivity contribution is 5.53. The highest BCUT2D eigenvalue weighted by Crippen LogP contribution is 2.21. The molecule has 0 aliphatic heterocycles. The van der Waals surface area contributed by atoms with Gasteiger partial charge < -0.3 is 15.8 Å². The van der Waals surface area contributed by atoms with Crippen molar-refractivity contribution in [2.75, 3.05) is 17.7 Å². The van der Waals surface area contributed by atoms with E-state index in [9.17, 15) is 0 Å². The van der Waals surface area contributed by atoms with Crippen molar-refractivity contribution in [3.05, 3.63) is 29.6 Å². The molecule has 0 saturated carbocycles. The predicted octanol–water partition coefficient (Wildman–Crippen LogP) is 2.11. The Morgan fingerprint density at radius 2 is 2.20 bits per heavy atom. The highest BCUT2D eigenvalue weighted by Gasteiger charge is 2.06. The van der Waals surface area contributed by atoms with Crippen LogP contribution in [0, 0.1) is 6.92 Å². The van der Waals surface area contributed by atoms with Gasteiger partial charge in [-0.25, -0.2) is 0 Å². The number of nitrogens with two attached hydrogens (primary N) is 1. The van der Waals surface area contributed by atoms with Crippen LogP contribution in [0.4, 0.5) is 11.5 Å². The second-order valence-electron chi connectivity index (χ2n) is 4.71. The van der Waals surface area contributed by atoms with Crippen LogP contribution in [0.1, 0.15) is 24.6 Å². The predicted molar refractivity (Wildman–Crippen MR) is 79.7 cm³/mol. The van der Waals surface area contributed by atoms with Gasteiger partial charge in [0.05, 0.1) is 18.0 Å². The normalized spacial score (nSPS) is 10.6. The quantitative estimate of drug-likeness (QED) is 0.844. The van der Waals surface area contributed by atoms with Gasteiger partial charge in [-0.3, -0.25) is 4.68 Å². The Hall–Kier alpha value is -2.24. The van der Waals surface area contributed by atoms with Gasteiger partial charge in [-0.05, 0) is 25.5 Å². The lowest BCUT2D eigenvalue weighted by molar-refractivity contribution is 0.307. The number of aromatic nitrogens is 3. The lowest BCUT2D eigenvalue weighted by Crippen LogP contribution is -2.06. The fraction of sp³-hybridized carbons (Fsp3) is 0.429. The van der Waals surface area contributed by atoms with Crippen molar-refractivity contribution in [1.82, 2.24) is 14.8 Å². The van der Waals surface area contributed by atoms with Crippen LogP contribution in [0.5, 0.6) is 5.88 Å². The largest absolute Gasteiger partial charge is 0.476 e. The van der Waals surface area contributed by atoms with Crippen LogP contribution in [0.15, 0.2) is 18.3 Å². The second kappa shape index (κ2) is 6.27. The van der Waals surface area contributed by atoms with E-state index in [2.05, 4.69) is 15.4 Å². The number of nitrogens with zero attached hydrogens (tertiary/aromatic N) is 3. The van der Waals surface area contributed by atoms with Crippen LogP contribution in [0.25, 0.3) is 0 Å². The van der Waals surface area contributed by atoms with Crippen molar-refractivity contribution in [1.29, 1.82) is 0 Å². The second-order valence-corrected chi connectivity index (χ2v) is 4.71. The summed E-state index contributed by atoms with van der Waals surface area (Å²) in [4.78, 5) is 4.38. The number of hydrogen-bond acceptors (Lipinski definition) is 5. The molecular formula is C14H21N5O. The van der Waals surface area contributed by atoms with E-state index in [1.807, 2.05) is 33.2 Å². The summed E-state index contributed by atoms with van der Waals surface area (Å²) < 4.78 is 7.32. The number of rotatable bonds is 6. The minimum absolute atomic E-state index is 0.486. The minimum atomic E-state index is 0.486. The van der Waals surface area contributed by atoms with Crippen molar-refractivity contribution < 1.29 is 4.74 Å². The number of nitrogen functional groups attached to an aromatic ring is 1. The molecule has 0 aliphatic rings. The zero-order valence-corrected chi connectivity index (χ0v) is 12.2. The number of nitrogens with one attached hydrogen (secondary N) is 1. The molecule has 2 aromatic rings. The van der Waals surface area contributed by atoms with Crippen LogP contribution in [0.2, 0.25) is 0 Å². The van der Waals surface area contributed by atoms with Crippen LogP contribution >= 0.6 is 0 Å². The average molecular weight is 275 g/mol. The van der Waals surface area contributed by atoms with E-state index in [0.29, 0.717) is 24.7 Å². The Bertz CT molecular complexity index is 579. The van der Waals surface area contributed by atoms with Crippen molar-refractivity contribution >= 4 is 11.5 Å². The van der Waals surface area contributed by atoms with E-state index in [4.69, 9.17) is 10.5 Å². The standard InChI is InChI=1S/C14H21N5O/c1-4-7-20-14-12(15)5-6-13(17-14)16-8-11-9-19(3)18-10(11)2/h5-6,9H,4,7-8,15H2,1-3H3,(H,16,17). The maximum atomic E-state index is 5.84. The van der Waals surface area contributed by atoms with Crippen LogP contribution in [0.3, 0.4) is 0 Å².